The smallest absolute Gasteiger partial charge is 0.255 e. The molecule has 1 aliphatic rings. The van der Waals surface area contributed by atoms with Crippen LogP contribution in [0.15, 0.2) is 71.8 Å². The van der Waals surface area contributed by atoms with E-state index in [9.17, 15) is 4.79 Å². The molecule has 2 N–H and O–H groups in total. The predicted molar refractivity (Wildman–Crippen MR) is 120 cm³/mol. The molecule has 1 unspecified atom stereocenters. The first kappa shape index (κ1) is 19.1. The van der Waals surface area contributed by atoms with E-state index in [1.807, 2.05) is 43.5 Å². The first-order valence-corrected chi connectivity index (χ1v) is 10.6. The zero-order valence-electron chi connectivity index (χ0n) is 16.9. The van der Waals surface area contributed by atoms with E-state index >= 15 is 0 Å². The van der Waals surface area contributed by atoms with E-state index in [1.54, 1.807) is 46.9 Å². The number of hydrogen-bond donors (Lipinski definition) is 2. The Bertz CT molecular complexity index is 1280. The van der Waals surface area contributed by atoms with Gasteiger partial charge < -0.3 is 10.6 Å². The molecule has 5 heterocycles. The lowest BCUT2D eigenvalue weighted by Crippen LogP contribution is -2.31. The highest BCUT2D eigenvalue weighted by Crippen LogP contribution is 2.40. The molecule has 4 aromatic heterocycles. The van der Waals surface area contributed by atoms with Crippen molar-refractivity contribution in [3.05, 3.63) is 82.2 Å². The van der Waals surface area contributed by atoms with Crippen LogP contribution in [0.2, 0.25) is 0 Å². The highest BCUT2D eigenvalue weighted by Gasteiger charge is 2.36. The summed E-state index contributed by atoms with van der Waals surface area (Å²) in [7, 11) is 0. The van der Waals surface area contributed by atoms with Crippen molar-refractivity contribution in [1.29, 1.82) is 0 Å². The quantitative estimate of drug-likeness (QED) is 0.508. The van der Waals surface area contributed by atoms with Crippen LogP contribution in [0, 0.1) is 6.92 Å². The van der Waals surface area contributed by atoms with E-state index < -0.39 is 6.04 Å². The van der Waals surface area contributed by atoms with Gasteiger partial charge in [-0.1, -0.05) is 0 Å². The summed E-state index contributed by atoms with van der Waals surface area (Å²) in [6.45, 7) is 3.93. The van der Waals surface area contributed by atoms with Crippen molar-refractivity contribution >= 4 is 28.9 Å². The van der Waals surface area contributed by atoms with Crippen LogP contribution >= 0.6 is 11.3 Å². The number of anilines is 2. The summed E-state index contributed by atoms with van der Waals surface area (Å²) in [6, 6.07) is 9.00. The Kier molecular flexibility index (Phi) is 4.79. The molecule has 8 nitrogen and oxygen atoms in total. The zero-order chi connectivity index (χ0) is 21.4. The molecular formula is C22H19N7OS. The third-order valence-electron chi connectivity index (χ3n) is 5.09. The van der Waals surface area contributed by atoms with Crippen LogP contribution in [0.25, 0.3) is 11.4 Å². The SMILES string of the molecule is CC1=C(C(=O)Nc2cccnc2)C(c2sccc2C)n2nc(-c3cccnc3)nc2N1. The number of nitrogens with zero attached hydrogens (tertiary/aromatic N) is 5. The number of amides is 1. The molecule has 1 atom stereocenters. The molecule has 31 heavy (non-hydrogen) atoms. The van der Waals surface area contributed by atoms with Crippen molar-refractivity contribution < 1.29 is 4.79 Å². The van der Waals surface area contributed by atoms with Gasteiger partial charge in [-0.2, -0.15) is 4.98 Å². The van der Waals surface area contributed by atoms with E-state index in [0.29, 0.717) is 23.0 Å². The standard InChI is InChI=1S/C22H19N7OS/c1-13-7-10-31-19(13)18-17(21(30)26-16-6-4-9-24-12-16)14(2)25-22-27-20(28-29(18)22)15-5-3-8-23-11-15/h3-12,18H,1-2H3,(H,26,30)(H,25,27,28). The van der Waals surface area contributed by atoms with Gasteiger partial charge in [-0.25, -0.2) is 4.68 Å². The Hall–Kier alpha value is -3.85. The third-order valence-corrected chi connectivity index (χ3v) is 6.16. The van der Waals surface area contributed by atoms with E-state index in [1.165, 1.54) is 0 Å². The summed E-state index contributed by atoms with van der Waals surface area (Å²) < 4.78 is 1.78. The van der Waals surface area contributed by atoms with E-state index in [-0.39, 0.29) is 5.91 Å². The fourth-order valence-corrected chi connectivity index (χ4v) is 4.62. The lowest BCUT2D eigenvalue weighted by Gasteiger charge is -2.28. The summed E-state index contributed by atoms with van der Waals surface area (Å²) in [4.78, 5) is 27.3. The summed E-state index contributed by atoms with van der Waals surface area (Å²) in [5.41, 5.74) is 3.86. The Balaban J connectivity index is 1.61. The summed E-state index contributed by atoms with van der Waals surface area (Å²) in [5.74, 6) is 0.934. The highest BCUT2D eigenvalue weighted by molar-refractivity contribution is 7.10. The fraction of sp³-hybridized carbons (Fsp3) is 0.136. The van der Waals surface area contributed by atoms with Crippen LogP contribution in [0.1, 0.15) is 23.4 Å². The molecule has 0 fully saturated rings. The maximum atomic E-state index is 13.4. The van der Waals surface area contributed by atoms with Crippen molar-refractivity contribution in [2.45, 2.75) is 19.9 Å². The van der Waals surface area contributed by atoms with Crippen molar-refractivity contribution in [3.8, 4) is 11.4 Å². The zero-order valence-corrected chi connectivity index (χ0v) is 17.7. The van der Waals surface area contributed by atoms with Crippen LogP contribution in [-0.4, -0.2) is 30.6 Å². The molecule has 154 valence electrons. The largest absolute Gasteiger partial charge is 0.328 e. The van der Waals surface area contributed by atoms with Gasteiger partial charge in [0.2, 0.25) is 5.95 Å². The molecule has 4 aromatic rings. The minimum absolute atomic E-state index is 0.208. The van der Waals surface area contributed by atoms with Gasteiger partial charge in [0.05, 0.1) is 17.5 Å². The molecule has 0 aliphatic carbocycles. The van der Waals surface area contributed by atoms with E-state index in [0.717, 1.165) is 21.7 Å². The second-order valence-electron chi connectivity index (χ2n) is 7.18. The first-order chi connectivity index (χ1) is 15.1. The monoisotopic (exact) mass is 429 g/mol. The summed E-state index contributed by atoms with van der Waals surface area (Å²) >= 11 is 1.60. The fourth-order valence-electron chi connectivity index (χ4n) is 3.60. The van der Waals surface area contributed by atoms with Gasteiger partial charge >= 0.3 is 0 Å². The second kappa shape index (κ2) is 7.77. The second-order valence-corrected chi connectivity index (χ2v) is 8.12. The van der Waals surface area contributed by atoms with Gasteiger partial charge in [0, 0.05) is 34.7 Å². The predicted octanol–water partition coefficient (Wildman–Crippen LogP) is 4.03. The average molecular weight is 430 g/mol. The van der Waals surface area contributed by atoms with Gasteiger partial charge in [-0.15, -0.1) is 16.4 Å². The molecule has 1 aliphatic heterocycles. The number of aryl methyl sites for hydroxylation is 1. The first-order valence-electron chi connectivity index (χ1n) is 9.72. The third kappa shape index (κ3) is 3.49. The van der Waals surface area contributed by atoms with E-state index in [4.69, 9.17) is 5.10 Å². The molecule has 9 heteroatoms. The number of carbonyl (C=O) groups excluding carboxylic acids is 1. The van der Waals surface area contributed by atoms with Gasteiger partial charge in [-0.3, -0.25) is 14.8 Å². The van der Waals surface area contributed by atoms with Crippen LogP contribution < -0.4 is 10.6 Å². The topological polar surface area (TPSA) is 97.6 Å². The lowest BCUT2D eigenvalue weighted by atomic mass is 9.99. The Morgan fingerprint density at radius 3 is 2.61 bits per heavy atom. The molecule has 0 saturated carbocycles. The molecule has 1 amide bonds. The van der Waals surface area contributed by atoms with Crippen LogP contribution in [0.4, 0.5) is 11.6 Å². The number of fused-ring (bicyclic) bond motifs is 1. The number of thiophene rings is 1. The highest BCUT2D eigenvalue weighted by atomic mass is 32.1. The number of nitrogens with one attached hydrogen (secondary N) is 2. The van der Waals surface area contributed by atoms with Crippen LogP contribution in [0.5, 0.6) is 0 Å². The van der Waals surface area contributed by atoms with Gasteiger partial charge in [0.25, 0.3) is 5.91 Å². The molecule has 5 rings (SSSR count). The summed E-state index contributed by atoms with van der Waals surface area (Å²) in [5, 5.41) is 13.0. The minimum Gasteiger partial charge on any atom is -0.328 e. The Morgan fingerprint density at radius 2 is 1.94 bits per heavy atom. The number of aromatic nitrogens is 5. The van der Waals surface area contributed by atoms with Gasteiger partial charge in [-0.05, 0) is 55.1 Å². The molecular weight excluding hydrogens is 410 g/mol. The Morgan fingerprint density at radius 1 is 1.13 bits per heavy atom. The maximum absolute atomic E-state index is 13.4. The minimum atomic E-state index is -0.397. The van der Waals surface area contributed by atoms with Crippen molar-refractivity contribution in [2.24, 2.45) is 0 Å². The number of hydrogen-bond acceptors (Lipinski definition) is 7. The number of allylic oxidation sites excluding steroid dienone is 1. The average Bonchev–Trinajstić information content (AvgIpc) is 3.40. The van der Waals surface area contributed by atoms with Crippen molar-refractivity contribution in [3.63, 3.8) is 0 Å². The Labute approximate surface area is 182 Å². The number of pyridine rings is 2. The van der Waals surface area contributed by atoms with Crippen LogP contribution in [-0.2, 0) is 4.79 Å². The van der Waals surface area contributed by atoms with Crippen molar-refractivity contribution in [2.75, 3.05) is 10.6 Å². The van der Waals surface area contributed by atoms with Gasteiger partial charge in [0.15, 0.2) is 5.82 Å². The van der Waals surface area contributed by atoms with Gasteiger partial charge in [0.1, 0.15) is 6.04 Å². The molecule has 0 spiro atoms. The lowest BCUT2D eigenvalue weighted by molar-refractivity contribution is -0.113. The normalized spacial score (nSPS) is 15.4. The molecule has 0 bridgehead atoms. The molecule has 0 radical (unpaired) electrons. The summed E-state index contributed by atoms with van der Waals surface area (Å²) in [6.07, 6.45) is 6.73. The molecule has 0 saturated heterocycles. The van der Waals surface area contributed by atoms with Crippen molar-refractivity contribution in [1.82, 2.24) is 24.7 Å². The maximum Gasteiger partial charge on any atom is 0.255 e. The number of carbonyl (C=O) groups is 1. The van der Waals surface area contributed by atoms with Crippen LogP contribution in [0.3, 0.4) is 0 Å². The molecule has 0 aromatic carbocycles. The number of rotatable bonds is 4. The van der Waals surface area contributed by atoms with E-state index in [2.05, 4.69) is 25.6 Å².